The van der Waals surface area contributed by atoms with Crippen LogP contribution in [0.25, 0.3) is 0 Å². The van der Waals surface area contributed by atoms with Gasteiger partial charge >= 0.3 is 5.97 Å². The number of rotatable bonds is 2. The van der Waals surface area contributed by atoms with Crippen LogP contribution in [0.5, 0.6) is 0 Å². The average molecular weight is 213 g/mol. The van der Waals surface area contributed by atoms with Gasteiger partial charge < -0.3 is 9.84 Å². The molecule has 2 aliphatic heterocycles. The Morgan fingerprint density at radius 2 is 2.47 bits per heavy atom. The van der Waals surface area contributed by atoms with Crippen molar-refractivity contribution in [2.75, 3.05) is 26.3 Å². The first-order valence-electron chi connectivity index (χ1n) is 5.66. The largest absolute Gasteiger partial charge is 0.464 e. The molecule has 0 aromatic rings. The number of esters is 1. The number of likely N-dealkylation sites (tertiary alicyclic amines) is 1. The topological polar surface area (TPSA) is 49.8 Å². The third kappa shape index (κ3) is 2.16. The molecule has 0 aromatic carbocycles. The zero-order valence-corrected chi connectivity index (χ0v) is 9.24. The lowest BCUT2D eigenvalue weighted by molar-refractivity contribution is -0.143. The summed E-state index contributed by atoms with van der Waals surface area (Å²) < 4.78 is 4.98. The number of hydrogen-bond acceptors (Lipinski definition) is 4. The molecular weight excluding hydrogens is 194 g/mol. The molecule has 0 saturated carbocycles. The fraction of sp³-hybridized carbons (Fsp3) is 0.909. The normalized spacial score (nSPS) is 38.0. The Morgan fingerprint density at radius 3 is 3.07 bits per heavy atom. The van der Waals surface area contributed by atoms with E-state index in [1.807, 2.05) is 0 Å². The zero-order chi connectivity index (χ0) is 10.9. The summed E-state index contributed by atoms with van der Waals surface area (Å²) in [4.78, 5) is 13.6. The minimum Gasteiger partial charge on any atom is -0.464 e. The van der Waals surface area contributed by atoms with Crippen molar-refractivity contribution in [1.82, 2.24) is 4.90 Å². The van der Waals surface area contributed by atoms with Crippen LogP contribution in [-0.4, -0.2) is 48.3 Å². The summed E-state index contributed by atoms with van der Waals surface area (Å²) in [5, 5.41) is 9.33. The third-order valence-electron chi connectivity index (χ3n) is 3.54. The maximum absolute atomic E-state index is 11.4. The lowest BCUT2D eigenvalue weighted by Gasteiger charge is -2.40. The van der Waals surface area contributed by atoms with Gasteiger partial charge in [0.15, 0.2) is 0 Å². The smallest absolute Gasteiger partial charge is 0.323 e. The number of hydrogen-bond donors (Lipinski definition) is 1. The first-order valence-corrected chi connectivity index (χ1v) is 5.66. The van der Waals surface area contributed by atoms with E-state index in [1.165, 1.54) is 0 Å². The van der Waals surface area contributed by atoms with Crippen LogP contribution in [0.4, 0.5) is 0 Å². The third-order valence-corrected chi connectivity index (χ3v) is 3.54. The number of carbonyl (C=O) groups is 1. The van der Waals surface area contributed by atoms with E-state index in [4.69, 9.17) is 4.74 Å². The van der Waals surface area contributed by atoms with Crippen LogP contribution in [0.15, 0.2) is 0 Å². The first-order chi connectivity index (χ1) is 7.14. The van der Waals surface area contributed by atoms with Crippen LogP contribution < -0.4 is 0 Å². The number of nitrogens with zero attached hydrogens (tertiary/aromatic N) is 1. The van der Waals surface area contributed by atoms with E-state index < -0.39 is 0 Å². The van der Waals surface area contributed by atoms with E-state index in [0.717, 1.165) is 32.4 Å². The molecule has 2 heterocycles. The van der Waals surface area contributed by atoms with Gasteiger partial charge in [0, 0.05) is 25.0 Å². The van der Waals surface area contributed by atoms with E-state index >= 15 is 0 Å². The van der Waals surface area contributed by atoms with Gasteiger partial charge in [-0.25, -0.2) is 0 Å². The molecule has 0 radical (unpaired) electrons. The number of ether oxygens (including phenoxy) is 1. The van der Waals surface area contributed by atoms with Crippen LogP contribution in [0, 0.1) is 5.41 Å². The van der Waals surface area contributed by atoms with Gasteiger partial charge in [-0.2, -0.15) is 0 Å². The van der Waals surface area contributed by atoms with Crippen molar-refractivity contribution in [3.05, 3.63) is 0 Å². The highest BCUT2D eigenvalue weighted by molar-refractivity contribution is 5.77. The molecule has 0 aliphatic carbocycles. The quantitative estimate of drug-likeness (QED) is 0.674. The van der Waals surface area contributed by atoms with E-state index in [2.05, 4.69) is 11.8 Å². The van der Waals surface area contributed by atoms with Crippen molar-refractivity contribution in [3.8, 4) is 0 Å². The van der Waals surface area contributed by atoms with Crippen molar-refractivity contribution in [2.45, 2.75) is 32.2 Å². The molecule has 2 atom stereocenters. The highest BCUT2D eigenvalue weighted by atomic mass is 16.5. The molecule has 15 heavy (non-hydrogen) atoms. The Balaban J connectivity index is 2.01. The van der Waals surface area contributed by atoms with Crippen LogP contribution in [0.2, 0.25) is 0 Å². The van der Waals surface area contributed by atoms with Crippen molar-refractivity contribution < 1.29 is 14.6 Å². The average Bonchev–Trinajstić information content (AvgIpc) is 2.65. The molecule has 4 heteroatoms. The molecule has 4 nitrogen and oxygen atoms in total. The first kappa shape index (κ1) is 10.9. The highest BCUT2D eigenvalue weighted by Crippen LogP contribution is 2.31. The van der Waals surface area contributed by atoms with Gasteiger partial charge in [0.1, 0.15) is 6.04 Å². The number of aliphatic hydroxyl groups is 1. The van der Waals surface area contributed by atoms with E-state index in [1.54, 1.807) is 0 Å². The van der Waals surface area contributed by atoms with Crippen LogP contribution in [0.1, 0.15) is 26.2 Å². The molecular formula is C11H19NO3. The van der Waals surface area contributed by atoms with Gasteiger partial charge in [0.05, 0.1) is 6.61 Å². The predicted molar refractivity (Wildman–Crippen MR) is 55.4 cm³/mol. The molecule has 0 bridgehead atoms. The predicted octanol–water partition coefficient (Wildman–Crippen LogP) is 0.396. The molecule has 2 aliphatic rings. The minimum absolute atomic E-state index is 0.0406. The van der Waals surface area contributed by atoms with E-state index in [0.29, 0.717) is 6.61 Å². The standard InChI is InChI=1S/C11H19NO3/c1-11(8-13)4-2-5-12(7-11)9-3-6-15-10(9)14/h9,13H,2-8H2,1H3. The maximum atomic E-state index is 11.4. The SMILES string of the molecule is CC1(CO)CCCN(C2CCOC2=O)C1. The molecule has 1 N–H and O–H groups in total. The van der Waals surface area contributed by atoms with Gasteiger partial charge in [0.2, 0.25) is 0 Å². The second-order valence-electron chi connectivity index (χ2n) is 5.01. The fourth-order valence-corrected chi connectivity index (χ4v) is 2.57. The summed E-state index contributed by atoms with van der Waals surface area (Å²) in [5.74, 6) is -0.0859. The van der Waals surface area contributed by atoms with Crippen LogP contribution >= 0.6 is 0 Å². The fourth-order valence-electron chi connectivity index (χ4n) is 2.57. The van der Waals surface area contributed by atoms with Crippen molar-refractivity contribution in [1.29, 1.82) is 0 Å². The molecule has 0 spiro atoms. The maximum Gasteiger partial charge on any atom is 0.323 e. The van der Waals surface area contributed by atoms with Crippen molar-refractivity contribution >= 4 is 5.97 Å². The summed E-state index contributed by atoms with van der Waals surface area (Å²) in [5.41, 5.74) is -0.0406. The molecule has 2 rings (SSSR count). The second-order valence-corrected chi connectivity index (χ2v) is 5.01. The Kier molecular flexibility index (Phi) is 2.98. The molecule has 2 saturated heterocycles. The Morgan fingerprint density at radius 1 is 1.67 bits per heavy atom. The molecule has 2 unspecified atom stereocenters. The summed E-state index contributed by atoms with van der Waals surface area (Å²) in [7, 11) is 0. The molecule has 0 amide bonds. The molecule has 2 fully saturated rings. The van der Waals surface area contributed by atoms with E-state index in [9.17, 15) is 9.90 Å². The van der Waals surface area contributed by atoms with Crippen LogP contribution in [-0.2, 0) is 9.53 Å². The number of aliphatic hydroxyl groups excluding tert-OH is 1. The lowest BCUT2D eigenvalue weighted by Crippen LogP contribution is -2.49. The summed E-state index contributed by atoms with van der Waals surface area (Å²) in [6.07, 6.45) is 2.91. The summed E-state index contributed by atoms with van der Waals surface area (Å²) in [6, 6.07) is -0.0591. The van der Waals surface area contributed by atoms with Gasteiger partial charge in [-0.05, 0) is 19.4 Å². The lowest BCUT2D eigenvalue weighted by atomic mass is 9.82. The zero-order valence-electron chi connectivity index (χ0n) is 9.24. The minimum atomic E-state index is -0.0859. The summed E-state index contributed by atoms with van der Waals surface area (Å²) >= 11 is 0. The summed E-state index contributed by atoms with van der Waals surface area (Å²) in [6.45, 7) is 4.60. The van der Waals surface area contributed by atoms with E-state index in [-0.39, 0.29) is 24.0 Å². The van der Waals surface area contributed by atoms with Gasteiger partial charge in [-0.15, -0.1) is 0 Å². The number of cyclic esters (lactones) is 1. The van der Waals surface area contributed by atoms with Gasteiger partial charge in [0.25, 0.3) is 0 Å². The van der Waals surface area contributed by atoms with Crippen LogP contribution in [0.3, 0.4) is 0 Å². The Bertz CT molecular complexity index is 256. The van der Waals surface area contributed by atoms with Crippen molar-refractivity contribution in [3.63, 3.8) is 0 Å². The van der Waals surface area contributed by atoms with Gasteiger partial charge in [-0.3, -0.25) is 9.69 Å². The Hall–Kier alpha value is -0.610. The molecule has 0 aromatic heterocycles. The second kappa shape index (κ2) is 4.10. The molecule has 86 valence electrons. The van der Waals surface area contributed by atoms with Gasteiger partial charge in [-0.1, -0.05) is 6.92 Å². The monoisotopic (exact) mass is 213 g/mol. The highest BCUT2D eigenvalue weighted by Gasteiger charge is 2.38. The number of piperidine rings is 1. The number of carbonyl (C=O) groups excluding carboxylic acids is 1. The Labute approximate surface area is 90.2 Å². The van der Waals surface area contributed by atoms with Crippen molar-refractivity contribution in [2.24, 2.45) is 5.41 Å².